The minimum absolute atomic E-state index is 0.356. The van der Waals surface area contributed by atoms with Gasteiger partial charge in [0.25, 0.3) is 0 Å². The third-order valence-corrected chi connectivity index (χ3v) is 6.41. The predicted molar refractivity (Wildman–Crippen MR) is 92.2 cm³/mol. The van der Waals surface area contributed by atoms with Crippen molar-refractivity contribution in [3.8, 4) is 0 Å². The van der Waals surface area contributed by atoms with Gasteiger partial charge in [-0.25, -0.2) is 0 Å². The molecule has 2 aliphatic carbocycles. The third kappa shape index (κ3) is 3.63. The molecule has 4 nitrogen and oxygen atoms in total. The number of nitrogens with zero attached hydrogens (tertiary/aromatic N) is 3. The van der Waals surface area contributed by atoms with Gasteiger partial charge in [0.05, 0.1) is 6.54 Å². The van der Waals surface area contributed by atoms with Gasteiger partial charge in [-0.05, 0) is 62.9 Å². The number of hydrogen-bond acceptors (Lipinski definition) is 3. The van der Waals surface area contributed by atoms with E-state index in [1.807, 2.05) is 0 Å². The minimum atomic E-state index is 0.356. The molecule has 128 valence electrons. The van der Waals surface area contributed by atoms with E-state index in [1.54, 1.807) is 0 Å². The molecule has 1 saturated carbocycles. The summed E-state index contributed by atoms with van der Waals surface area (Å²) in [5.41, 5.74) is 0. The minimum Gasteiger partial charge on any atom is -0.342 e. The van der Waals surface area contributed by atoms with Gasteiger partial charge in [-0.15, -0.1) is 0 Å². The van der Waals surface area contributed by atoms with Gasteiger partial charge in [0.2, 0.25) is 5.91 Å². The number of hydrogen-bond donors (Lipinski definition) is 0. The Labute approximate surface area is 140 Å². The van der Waals surface area contributed by atoms with E-state index in [4.69, 9.17) is 0 Å². The molecule has 0 spiro atoms. The van der Waals surface area contributed by atoms with Crippen LogP contribution in [0.4, 0.5) is 0 Å². The second-order valence-electron chi connectivity index (χ2n) is 8.06. The molecule has 4 aliphatic rings. The average Bonchev–Trinajstić information content (AvgIpc) is 3.26. The fraction of sp³-hybridized carbons (Fsp3) is 0.842. The Morgan fingerprint density at radius 1 is 0.870 bits per heavy atom. The van der Waals surface area contributed by atoms with Gasteiger partial charge in [0.1, 0.15) is 0 Å². The van der Waals surface area contributed by atoms with Crippen LogP contribution in [0.15, 0.2) is 12.2 Å². The normalized spacial score (nSPS) is 35.1. The van der Waals surface area contributed by atoms with E-state index in [0.717, 1.165) is 50.5 Å². The highest BCUT2D eigenvalue weighted by molar-refractivity contribution is 5.78. The first-order valence-corrected chi connectivity index (χ1v) is 9.69. The molecule has 2 heterocycles. The van der Waals surface area contributed by atoms with E-state index in [-0.39, 0.29) is 0 Å². The zero-order chi connectivity index (χ0) is 15.6. The van der Waals surface area contributed by atoms with Crippen molar-refractivity contribution in [2.24, 2.45) is 17.8 Å². The van der Waals surface area contributed by atoms with Crippen LogP contribution in [0.3, 0.4) is 0 Å². The molecule has 0 aromatic rings. The van der Waals surface area contributed by atoms with Crippen molar-refractivity contribution in [3.63, 3.8) is 0 Å². The third-order valence-electron chi connectivity index (χ3n) is 6.41. The zero-order valence-electron chi connectivity index (χ0n) is 14.3. The van der Waals surface area contributed by atoms with Crippen LogP contribution in [0.1, 0.15) is 32.1 Å². The lowest BCUT2D eigenvalue weighted by molar-refractivity contribution is -0.131. The van der Waals surface area contributed by atoms with Crippen molar-refractivity contribution >= 4 is 5.91 Å². The lowest BCUT2D eigenvalue weighted by Gasteiger charge is -2.27. The fourth-order valence-corrected chi connectivity index (χ4v) is 5.06. The molecule has 0 aromatic heterocycles. The number of carbonyl (C=O) groups excluding carboxylic acids is 1. The summed E-state index contributed by atoms with van der Waals surface area (Å²) in [5.74, 6) is 2.99. The van der Waals surface area contributed by atoms with Crippen LogP contribution in [0.25, 0.3) is 0 Å². The summed E-state index contributed by atoms with van der Waals surface area (Å²) >= 11 is 0. The van der Waals surface area contributed by atoms with E-state index in [2.05, 4.69) is 26.9 Å². The van der Waals surface area contributed by atoms with E-state index < -0.39 is 0 Å². The van der Waals surface area contributed by atoms with Crippen LogP contribution < -0.4 is 0 Å². The molecule has 2 aliphatic heterocycles. The second kappa shape index (κ2) is 6.94. The van der Waals surface area contributed by atoms with Crippen molar-refractivity contribution in [3.05, 3.63) is 12.2 Å². The Bertz CT molecular complexity index is 458. The van der Waals surface area contributed by atoms with Crippen LogP contribution in [-0.2, 0) is 4.79 Å². The molecule has 4 heteroatoms. The van der Waals surface area contributed by atoms with E-state index >= 15 is 0 Å². The molecule has 0 aromatic carbocycles. The first-order valence-electron chi connectivity index (χ1n) is 9.69. The van der Waals surface area contributed by atoms with Gasteiger partial charge in [-0.1, -0.05) is 12.2 Å². The molecule has 3 fully saturated rings. The largest absolute Gasteiger partial charge is 0.342 e. The summed E-state index contributed by atoms with van der Waals surface area (Å²) in [6, 6.07) is 0. The van der Waals surface area contributed by atoms with Gasteiger partial charge in [-0.3, -0.25) is 9.69 Å². The smallest absolute Gasteiger partial charge is 0.236 e. The highest BCUT2D eigenvalue weighted by Crippen LogP contribution is 2.43. The van der Waals surface area contributed by atoms with Gasteiger partial charge in [0.15, 0.2) is 0 Å². The average molecular weight is 317 g/mol. The SMILES string of the molecule is O=C(CN1CCCN(C[C@@H]2C[C@H]3C=C[C@H]2C3)CC1)N1CCCC1. The van der Waals surface area contributed by atoms with E-state index in [0.29, 0.717) is 12.5 Å². The molecule has 2 saturated heterocycles. The lowest BCUT2D eigenvalue weighted by atomic mass is 9.93. The lowest BCUT2D eigenvalue weighted by Crippen LogP contribution is -2.41. The topological polar surface area (TPSA) is 26.8 Å². The molecule has 1 amide bonds. The Balaban J connectivity index is 1.23. The number of allylic oxidation sites excluding steroid dienone is 2. The molecule has 0 radical (unpaired) electrons. The molecular weight excluding hydrogens is 286 g/mol. The number of carbonyl (C=O) groups is 1. The van der Waals surface area contributed by atoms with Crippen LogP contribution in [0, 0.1) is 17.8 Å². The first-order chi connectivity index (χ1) is 11.3. The van der Waals surface area contributed by atoms with Crippen molar-refractivity contribution < 1.29 is 4.79 Å². The van der Waals surface area contributed by atoms with Crippen molar-refractivity contribution in [2.45, 2.75) is 32.1 Å². The summed E-state index contributed by atoms with van der Waals surface area (Å²) in [6.07, 6.45) is 11.3. The van der Waals surface area contributed by atoms with Gasteiger partial charge >= 0.3 is 0 Å². The van der Waals surface area contributed by atoms with E-state index in [1.165, 1.54) is 45.2 Å². The molecule has 2 bridgehead atoms. The summed E-state index contributed by atoms with van der Waals surface area (Å²) in [7, 11) is 0. The highest BCUT2D eigenvalue weighted by atomic mass is 16.2. The van der Waals surface area contributed by atoms with Crippen molar-refractivity contribution in [2.75, 3.05) is 52.4 Å². The van der Waals surface area contributed by atoms with Crippen LogP contribution in [0.5, 0.6) is 0 Å². The maximum Gasteiger partial charge on any atom is 0.236 e. The summed E-state index contributed by atoms with van der Waals surface area (Å²) < 4.78 is 0. The number of likely N-dealkylation sites (tertiary alicyclic amines) is 1. The van der Waals surface area contributed by atoms with Gasteiger partial charge in [-0.2, -0.15) is 0 Å². The van der Waals surface area contributed by atoms with Crippen LogP contribution in [-0.4, -0.2) is 73.0 Å². The number of rotatable bonds is 4. The monoisotopic (exact) mass is 317 g/mol. The van der Waals surface area contributed by atoms with Gasteiger partial charge in [0, 0.05) is 32.7 Å². The molecule has 0 unspecified atom stereocenters. The predicted octanol–water partition coefficient (Wildman–Crippen LogP) is 1.83. The Hall–Kier alpha value is -0.870. The van der Waals surface area contributed by atoms with Crippen LogP contribution in [0.2, 0.25) is 0 Å². The summed E-state index contributed by atoms with van der Waals surface area (Å²) in [4.78, 5) is 19.5. The molecule has 23 heavy (non-hydrogen) atoms. The molecular formula is C19H31N3O. The van der Waals surface area contributed by atoms with Crippen molar-refractivity contribution in [1.29, 1.82) is 0 Å². The summed E-state index contributed by atoms with van der Waals surface area (Å²) in [5, 5.41) is 0. The molecule has 3 atom stereocenters. The van der Waals surface area contributed by atoms with E-state index in [9.17, 15) is 4.79 Å². The fourth-order valence-electron chi connectivity index (χ4n) is 5.06. The number of fused-ring (bicyclic) bond motifs is 2. The second-order valence-corrected chi connectivity index (χ2v) is 8.06. The maximum absolute atomic E-state index is 12.3. The standard InChI is InChI=1S/C19H31N3O/c23-19(22-8-1-2-9-22)15-21-7-3-6-20(10-11-21)14-18-13-16-4-5-17(18)12-16/h4-5,16-18H,1-3,6-15H2/t16-,17-,18-/m0/s1. The maximum atomic E-state index is 12.3. The highest BCUT2D eigenvalue weighted by Gasteiger charge is 2.36. The Morgan fingerprint density at radius 3 is 2.39 bits per heavy atom. The zero-order valence-corrected chi connectivity index (χ0v) is 14.3. The first kappa shape index (κ1) is 15.6. The molecule has 4 rings (SSSR count). The quantitative estimate of drug-likeness (QED) is 0.740. The van der Waals surface area contributed by atoms with Crippen molar-refractivity contribution in [1.82, 2.24) is 14.7 Å². The Kier molecular flexibility index (Phi) is 4.72. The summed E-state index contributed by atoms with van der Waals surface area (Å²) in [6.45, 7) is 8.40. The van der Waals surface area contributed by atoms with Gasteiger partial charge < -0.3 is 9.80 Å². The van der Waals surface area contributed by atoms with Crippen LogP contribution >= 0.6 is 0 Å². The Morgan fingerprint density at radius 2 is 1.65 bits per heavy atom. The number of amides is 1. The molecule has 0 N–H and O–H groups in total.